The van der Waals surface area contributed by atoms with E-state index in [1.54, 1.807) is 41.0 Å². The average molecular weight is 256 g/mol. The van der Waals surface area contributed by atoms with Crippen LogP contribution in [0.3, 0.4) is 0 Å². The topological polar surface area (TPSA) is 25.8 Å². The summed E-state index contributed by atoms with van der Waals surface area (Å²) >= 11 is 1.68. The summed E-state index contributed by atoms with van der Waals surface area (Å²) in [7, 11) is 0. The van der Waals surface area contributed by atoms with Crippen molar-refractivity contribution in [1.29, 1.82) is 0 Å². The van der Waals surface area contributed by atoms with E-state index in [-0.39, 0.29) is 0 Å². The van der Waals surface area contributed by atoms with E-state index in [0.717, 1.165) is 0 Å². The molecule has 3 heteroatoms. The molecule has 1 aromatic rings. The van der Waals surface area contributed by atoms with Gasteiger partial charge in [0.25, 0.3) is 0 Å². The third kappa shape index (κ3) is 9.88. The number of hydrogen-bond donors (Lipinski definition) is 0. The van der Waals surface area contributed by atoms with Gasteiger partial charge in [-0.05, 0) is 6.07 Å². The smallest absolute Gasteiger partial charge is 0.115 e. The van der Waals surface area contributed by atoms with Crippen LogP contribution in [0.2, 0.25) is 4.44 Å². The summed E-state index contributed by atoms with van der Waals surface area (Å²) in [6.07, 6.45) is 7.67. The fraction of sp³-hybridized carbons (Fsp3) is 0.500. The second-order valence-corrected chi connectivity index (χ2v) is 3.43. The molecule has 0 aliphatic carbocycles. The number of aromatic nitrogens is 2. The first kappa shape index (κ1) is 10.9. The Balaban J connectivity index is 0.000000187. The van der Waals surface area contributed by atoms with Gasteiger partial charge in [0.05, 0.1) is 0 Å². The van der Waals surface area contributed by atoms with Gasteiger partial charge in [0, 0.05) is 12.4 Å². The Hall–Kier alpha value is -0.121. The van der Waals surface area contributed by atoms with Crippen molar-refractivity contribution >= 4 is 22.5 Å². The van der Waals surface area contributed by atoms with Gasteiger partial charge in [-0.3, -0.25) is 0 Å². The molecule has 11 heavy (non-hydrogen) atoms. The maximum Gasteiger partial charge on any atom is 0.115 e. The molecule has 1 aromatic heterocycles. The number of rotatable bonds is 2. The standard InChI is InChI=1S/C4H4N2.C4H9.Sn/c1-2-5-4-6-3-1;1-3-4-2;/h1-4H;1,3-4H2,2H3;. The van der Waals surface area contributed by atoms with Crippen molar-refractivity contribution < 1.29 is 0 Å². The third-order valence-electron chi connectivity index (χ3n) is 1.01. The zero-order valence-electron chi connectivity index (χ0n) is 6.83. The normalized spacial score (nSPS) is 8.18. The molecule has 1 rings (SSSR count). The maximum absolute atomic E-state index is 3.67. The molecular weight excluding hydrogens is 243 g/mol. The molecule has 0 aliphatic heterocycles. The molecule has 0 saturated carbocycles. The molecule has 1 heterocycles. The minimum atomic E-state index is 1.37. The fourth-order valence-corrected chi connectivity index (χ4v) is 1.44. The van der Waals surface area contributed by atoms with Gasteiger partial charge in [-0.2, -0.15) is 0 Å². The Morgan fingerprint density at radius 3 is 2.00 bits per heavy atom. The SMILES string of the molecule is CCC[CH2][Sn].c1cncnc1. The monoisotopic (exact) mass is 257 g/mol. The second-order valence-electron chi connectivity index (χ2n) is 2.01. The van der Waals surface area contributed by atoms with Gasteiger partial charge in [-0.25, -0.2) is 9.97 Å². The Morgan fingerprint density at radius 2 is 1.91 bits per heavy atom. The van der Waals surface area contributed by atoms with Gasteiger partial charge >= 0.3 is 46.7 Å². The van der Waals surface area contributed by atoms with E-state index in [9.17, 15) is 0 Å². The molecule has 0 fully saturated rings. The molecule has 0 amide bonds. The van der Waals surface area contributed by atoms with E-state index in [1.165, 1.54) is 23.6 Å². The Kier molecular flexibility index (Phi) is 9.77. The Morgan fingerprint density at radius 1 is 1.27 bits per heavy atom. The summed E-state index contributed by atoms with van der Waals surface area (Å²) in [6.45, 7) is 2.23. The zero-order chi connectivity index (χ0) is 8.36. The van der Waals surface area contributed by atoms with E-state index in [1.807, 2.05) is 0 Å². The quantitative estimate of drug-likeness (QED) is 0.754. The number of unbranched alkanes of at least 4 members (excludes halogenated alkanes) is 1. The van der Waals surface area contributed by atoms with Crippen molar-refractivity contribution in [3.8, 4) is 0 Å². The average Bonchev–Trinajstić information content (AvgIpc) is 2.10. The van der Waals surface area contributed by atoms with Crippen LogP contribution in [0, 0.1) is 0 Å². The predicted octanol–water partition coefficient (Wildman–Crippen LogP) is 1.85. The van der Waals surface area contributed by atoms with Gasteiger partial charge < -0.3 is 0 Å². The van der Waals surface area contributed by atoms with Crippen LogP contribution < -0.4 is 0 Å². The second kappa shape index (κ2) is 9.88. The molecular formula is C8H13N2Sn. The molecule has 0 unspecified atom stereocenters. The van der Waals surface area contributed by atoms with Gasteiger partial charge in [0.2, 0.25) is 0 Å². The van der Waals surface area contributed by atoms with Crippen molar-refractivity contribution in [2.45, 2.75) is 24.2 Å². The predicted molar refractivity (Wildman–Crippen MR) is 47.5 cm³/mol. The van der Waals surface area contributed by atoms with Crippen LogP contribution in [0.15, 0.2) is 24.8 Å². The summed E-state index contributed by atoms with van der Waals surface area (Å²) in [4.78, 5) is 7.35. The molecule has 2 nitrogen and oxygen atoms in total. The first-order chi connectivity index (χ1) is 5.41. The fourth-order valence-electron chi connectivity index (χ4n) is 0.430. The van der Waals surface area contributed by atoms with E-state index in [4.69, 9.17) is 0 Å². The van der Waals surface area contributed by atoms with Gasteiger partial charge in [-0.1, -0.05) is 0 Å². The van der Waals surface area contributed by atoms with Crippen molar-refractivity contribution in [1.82, 2.24) is 9.97 Å². The molecule has 3 radical (unpaired) electrons. The molecule has 0 spiro atoms. The van der Waals surface area contributed by atoms with Crippen molar-refractivity contribution in [3.05, 3.63) is 24.8 Å². The summed E-state index contributed by atoms with van der Waals surface area (Å²) in [5, 5.41) is 0. The van der Waals surface area contributed by atoms with Crippen molar-refractivity contribution in [3.63, 3.8) is 0 Å². The van der Waals surface area contributed by atoms with Gasteiger partial charge in [-0.15, -0.1) is 0 Å². The van der Waals surface area contributed by atoms with Crippen LogP contribution in [0.5, 0.6) is 0 Å². The molecule has 0 aromatic carbocycles. The maximum atomic E-state index is 3.67. The van der Waals surface area contributed by atoms with Crippen LogP contribution in [-0.2, 0) is 0 Å². The summed E-state index contributed by atoms with van der Waals surface area (Å²) in [5.74, 6) is 0. The molecule has 0 bridgehead atoms. The van der Waals surface area contributed by atoms with Crippen LogP contribution in [0.25, 0.3) is 0 Å². The molecule has 0 saturated heterocycles. The molecule has 0 N–H and O–H groups in total. The van der Waals surface area contributed by atoms with E-state index in [0.29, 0.717) is 0 Å². The summed E-state index contributed by atoms with van der Waals surface area (Å²) < 4.78 is 1.43. The van der Waals surface area contributed by atoms with Crippen LogP contribution in [-0.4, -0.2) is 32.5 Å². The van der Waals surface area contributed by atoms with E-state index >= 15 is 0 Å². The van der Waals surface area contributed by atoms with Gasteiger partial charge in [0.15, 0.2) is 0 Å². The summed E-state index contributed by atoms with van der Waals surface area (Å²) in [6, 6.07) is 1.78. The van der Waals surface area contributed by atoms with Crippen molar-refractivity contribution in [2.75, 3.05) is 0 Å². The number of nitrogens with zero attached hydrogens (tertiary/aromatic N) is 2. The van der Waals surface area contributed by atoms with Crippen LogP contribution in [0.4, 0.5) is 0 Å². The number of hydrogen-bond acceptors (Lipinski definition) is 2. The van der Waals surface area contributed by atoms with Crippen molar-refractivity contribution in [2.24, 2.45) is 0 Å². The first-order valence-electron chi connectivity index (χ1n) is 3.76. The third-order valence-corrected chi connectivity index (χ3v) is 2.02. The zero-order valence-corrected chi connectivity index (χ0v) is 9.68. The summed E-state index contributed by atoms with van der Waals surface area (Å²) in [5.41, 5.74) is 0. The molecule has 59 valence electrons. The van der Waals surface area contributed by atoms with E-state index in [2.05, 4.69) is 16.9 Å². The van der Waals surface area contributed by atoms with E-state index < -0.39 is 0 Å². The van der Waals surface area contributed by atoms with Gasteiger partial charge in [0.1, 0.15) is 6.33 Å². The first-order valence-corrected chi connectivity index (χ1v) is 5.78. The van der Waals surface area contributed by atoms with Crippen LogP contribution in [0.1, 0.15) is 19.8 Å². The minimum Gasteiger partial charge on any atom is -0.245 e. The van der Waals surface area contributed by atoms with Crippen LogP contribution >= 0.6 is 0 Å². The Bertz CT molecular complexity index is 115. The minimum absolute atomic E-state index is 1.37. The molecule has 0 atom stereocenters. The molecule has 0 aliphatic rings. The largest absolute Gasteiger partial charge is 0.245 e. The Labute approximate surface area is 81.5 Å².